The van der Waals surface area contributed by atoms with E-state index >= 15 is 0 Å². The number of ether oxygens (including phenoxy) is 1. The van der Waals surface area contributed by atoms with Crippen LogP contribution in [0.4, 0.5) is 4.39 Å². The average Bonchev–Trinajstić information content (AvgIpc) is 2.38. The predicted molar refractivity (Wildman–Crippen MR) is 69.4 cm³/mol. The predicted octanol–water partition coefficient (Wildman–Crippen LogP) is 2.88. The van der Waals surface area contributed by atoms with E-state index in [1.165, 1.54) is 0 Å². The fourth-order valence-corrected chi connectivity index (χ4v) is 2.33. The van der Waals surface area contributed by atoms with Crippen LogP contribution >= 0.6 is 0 Å². The van der Waals surface area contributed by atoms with E-state index in [-0.39, 0.29) is 12.0 Å². The molecule has 1 aromatic heterocycles. The van der Waals surface area contributed by atoms with Gasteiger partial charge in [-0.3, -0.25) is 4.98 Å². The van der Waals surface area contributed by atoms with Gasteiger partial charge in [0.25, 0.3) is 0 Å². The summed E-state index contributed by atoms with van der Waals surface area (Å²) < 4.78 is 20.0. The van der Waals surface area contributed by atoms with Crippen LogP contribution in [0.15, 0.2) is 18.5 Å². The number of nitrogens with one attached hydrogen (secondary N) is 1. The molecular formula is C14H21FN2O. The van der Waals surface area contributed by atoms with E-state index in [2.05, 4.69) is 10.3 Å². The minimum atomic E-state index is -0.935. The van der Waals surface area contributed by atoms with E-state index in [1.807, 2.05) is 13.8 Å². The number of rotatable bonds is 4. The highest BCUT2D eigenvalue weighted by molar-refractivity contribution is 5.25. The number of hydrogen-bond acceptors (Lipinski definition) is 3. The molecule has 1 fully saturated rings. The summed E-state index contributed by atoms with van der Waals surface area (Å²) in [6.07, 6.45) is 4.17. The van der Waals surface area contributed by atoms with Crippen molar-refractivity contribution in [1.29, 1.82) is 0 Å². The van der Waals surface area contributed by atoms with Crippen molar-refractivity contribution in [3.63, 3.8) is 0 Å². The summed E-state index contributed by atoms with van der Waals surface area (Å²) in [5.74, 6) is 0.751. The maximum atomic E-state index is 14.4. The lowest BCUT2D eigenvalue weighted by Crippen LogP contribution is -2.29. The minimum absolute atomic E-state index is 0.0824. The quantitative estimate of drug-likeness (QED) is 0.894. The van der Waals surface area contributed by atoms with Crippen LogP contribution in [0.25, 0.3) is 0 Å². The molecular weight excluding hydrogens is 231 g/mol. The molecule has 4 heteroatoms. The number of nitrogens with zero attached hydrogens (tertiary/aromatic N) is 1. The standard InChI is InChI=1S/C14H21FN2O/c1-10(2)18-13-7-12(8-17-9-13)14(15)11-3-5-16-6-4-11/h7-11,14,16H,3-6H2,1-2H3. The smallest absolute Gasteiger partial charge is 0.138 e. The molecule has 0 radical (unpaired) electrons. The molecule has 2 rings (SSSR count). The summed E-state index contributed by atoms with van der Waals surface area (Å²) in [5.41, 5.74) is 0.639. The third-order valence-corrected chi connectivity index (χ3v) is 3.22. The van der Waals surface area contributed by atoms with Gasteiger partial charge in [-0.1, -0.05) is 0 Å². The monoisotopic (exact) mass is 252 g/mol. The molecule has 18 heavy (non-hydrogen) atoms. The van der Waals surface area contributed by atoms with Gasteiger partial charge in [0.15, 0.2) is 0 Å². The van der Waals surface area contributed by atoms with E-state index in [0.29, 0.717) is 11.3 Å². The molecule has 1 aromatic rings. The Morgan fingerprint density at radius 2 is 2.06 bits per heavy atom. The van der Waals surface area contributed by atoms with E-state index in [4.69, 9.17) is 4.74 Å². The highest BCUT2D eigenvalue weighted by Crippen LogP contribution is 2.33. The lowest BCUT2D eigenvalue weighted by molar-refractivity contribution is 0.188. The van der Waals surface area contributed by atoms with Gasteiger partial charge in [-0.15, -0.1) is 0 Å². The lowest BCUT2D eigenvalue weighted by Gasteiger charge is -2.26. The largest absolute Gasteiger partial charge is 0.489 e. The number of alkyl halides is 1. The molecule has 2 heterocycles. The normalized spacial score (nSPS) is 18.9. The van der Waals surface area contributed by atoms with Gasteiger partial charge in [-0.25, -0.2) is 4.39 Å². The number of aromatic nitrogens is 1. The van der Waals surface area contributed by atoms with Crippen molar-refractivity contribution in [1.82, 2.24) is 10.3 Å². The van der Waals surface area contributed by atoms with Crippen molar-refractivity contribution in [2.45, 2.75) is 39.0 Å². The van der Waals surface area contributed by atoms with Gasteiger partial charge in [-0.05, 0) is 51.8 Å². The summed E-state index contributed by atoms with van der Waals surface area (Å²) in [6, 6.07) is 1.78. The highest BCUT2D eigenvalue weighted by atomic mass is 19.1. The average molecular weight is 252 g/mol. The van der Waals surface area contributed by atoms with E-state index < -0.39 is 6.17 Å². The second-order valence-electron chi connectivity index (χ2n) is 5.11. The van der Waals surface area contributed by atoms with Gasteiger partial charge >= 0.3 is 0 Å². The number of halogens is 1. The van der Waals surface area contributed by atoms with Crippen LogP contribution in [0.1, 0.15) is 38.4 Å². The first-order chi connectivity index (χ1) is 8.66. The summed E-state index contributed by atoms with van der Waals surface area (Å²) in [5, 5.41) is 3.25. The van der Waals surface area contributed by atoms with Crippen molar-refractivity contribution in [3.05, 3.63) is 24.0 Å². The first kappa shape index (κ1) is 13.3. The third kappa shape index (κ3) is 3.42. The number of piperidine rings is 1. The molecule has 0 aliphatic carbocycles. The lowest BCUT2D eigenvalue weighted by atomic mass is 9.90. The van der Waals surface area contributed by atoms with Crippen LogP contribution in [0, 0.1) is 5.92 Å². The van der Waals surface area contributed by atoms with Gasteiger partial charge in [-0.2, -0.15) is 0 Å². The molecule has 1 N–H and O–H groups in total. The van der Waals surface area contributed by atoms with Crippen molar-refractivity contribution in [3.8, 4) is 5.75 Å². The maximum absolute atomic E-state index is 14.4. The molecule has 0 aromatic carbocycles. The molecule has 0 spiro atoms. The van der Waals surface area contributed by atoms with Gasteiger partial charge in [0.1, 0.15) is 11.9 Å². The Morgan fingerprint density at radius 3 is 2.72 bits per heavy atom. The third-order valence-electron chi connectivity index (χ3n) is 3.22. The molecule has 0 amide bonds. The summed E-state index contributed by atoms with van der Waals surface area (Å²) >= 11 is 0. The molecule has 0 saturated carbocycles. The molecule has 3 nitrogen and oxygen atoms in total. The van der Waals surface area contributed by atoms with Gasteiger partial charge in [0.2, 0.25) is 0 Å². The second-order valence-corrected chi connectivity index (χ2v) is 5.11. The van der Waals surface area contributed by atoms with Crippen molar-refractivity contribution in [2.24, 2.45) is 5.92 Å². The fourth-order valence-electron chi connectivity index (χ4n) is 2.33. The van der Waals surface area contributed by atoms with Gasteiger partial charge in [0.05, 0.1) is 12.3 Å². The van der Waals surface area contributed by atoms with Crippen molar-refractivity contribution < 1.29 is 9.13 Å². The van der Waals surface area contributed by atoms with Crippen molar-refractivity contribution in [2.75, 3.05) is 13.1 Å². The molecule has 1 aliphatic rings. The number of pyridine rings is 1. The number of hydrogen-bond donors (Lipinski definition) is 1. The Balaban J connectivity index is 2.06. The zero-order valence-electron chi connectivity index (χ0n) is 11.0. The minimum Gasteiger partial charge on any atom is -0.489 e. The summed E-state index contributed by atoms with van der Waals surface area (Å²) in [6.45, 7) is 5.71. The SMILES string of the molecule is CC(C)Oc1cncc(C(F)C2CCNCC2)c1. The fraction of sp³-hybridized carbons (Fsp3) is 0.643. The van der Waals surface area contributed by atoms with E-state index in [1.54, 1.807) is 18.5 Å². The van der Waals surface area contributed by atoms with E-state index in [9.17, 15) is 4.39 Å². The Kier molecular flexibility index (Phi) is 4.53. The Labute approximate surface area is 108 Å². The van der Waals surface area contributed by atoms with Crippen molar-refractivity contribution >= 4 is 0 Å². The van der Waals surface area contributed by atoms with Crippen LogP contribution in [-0.2, 0) is 0 Å². The van der Waals surface area contributed by atoms with Crippen LogP contribution in [0.3, 0.4) is 0 Å². The zero-order valence-corrected chi connectivity index (χ0v) is 11.0. The molecule has 1 unspecified atom stereocenters. The zero-order chi connectivity index (χ0) is 13.0. The molecule has 1 aliphatic heterocycles. The van der Waals surface area contributed by atoms with Gasteiger partial charge in [0, 0.05) is 11.8 Å². The molecule has 100 valence electrons. The second kappa shape index (κ2) is 6.14. The van der Waals surface area contributed by atoms with Crippen LogP contribution in [0.5, 0.6) is 5.75 Å². The first-order valence-corrected chi connectivity index (χ1v) is 6.63. The Morgan fingerprint density at radius 1 is 1.33 bits per heavy atom. The first-order valence-electron chi connectivity index (χ1n) is 6.63. The summed E-state index contributed by atoms with van der Waals surface area (Å²) in [4.78, 5) is 4.07. The van der Waals surface area contributed by atoms with Crippen LogP contribution in [-0.4, -0.2) is 24.2 Å². The van der Waals surface area contributed by atoms with Crippen LogP contribution < -0.4 is 10.1 Å². The maximum Gasteiger partial charge on any atom is 0.138 e. The molecule has 1 saturated heterocycles. The Bertz CT molecular complexity index is 378. The van der Waals surface area contributed by atoms with E-state index in [0.717, 1.165) is 25.9 Å². The summed E-state index contributed by atoms with van der Waals surface area (Å²) in [7, 11) is 0. The Hall–Kier alpha value is -1.16. The highest BCUT2D eigenvalue weighted by Gasteiger charge is 2.25. The van der Waals surface area contributed by atoms with Gasteiger partial charge < -0.3 is 10.1 Å². The molecule has 0 bridgehead atoms. The molecule has 1 atom stereocenters. The van der Waals surface area contributed by atoms with Crippen LogP contribution in [0.2, 0.25) is 0 Å². The topological polar surface area (TPSA) is 34.1 Å².